The average Bonchev–Trinajstić information content (AvgIpc) is 2.93. The summed E-state index contributed by atoms with van der Waals surface area (Å²) < 4.78 is 0. The first-order valence-electron chi connectivity index (χ1n) is 6.97. The lowest BCUT2D eigenvalue weighted by molar-refractivity contribution is -0.143. The molecule has 1 aromatic rings. The van der Waals surface area contributed by atoms with Crippen molar-refractivity contribution in [2.24, 2.45) is 0 Å². The molecule has 1 fully saturated rings. The van der Waals surface area contributed by atoms with Gasteiger partial charge in [-0.25, -0.2) is 14.6 Å². The third kappa shape index (κ3) is 2.59. The van der Waals surface area contributed by atoms with Gasteiger partial charge in [-0.05, 0) is 6.92 Å². The average molecular weight is 310 g/mol. The van der Waals surface area contributed by atoms with E-state index in [9.17, 15) is 14.7 Å². The number of carboxylic acids is 1. The van der Waals surface area contributed by atoms with E-state index in [1.165, 1.54) is 4.90 Å². The van der Waals surface area contributed by atoms with Crippen LogP contribution in [0.25, 0.3) is 0 Å². The van der Waals surface area contributed by atoms with Crippen LogP contribution in [0.4, 0.5) is 4.79 Å². The van der Waals surface area contributed by atoms with Gasteiger partial charge in [-0.3, -0.25) is 0 Å². The standard InChI is InChI=1S/C13H18N4O3S/c1-8-6-21-3-2-16(8)13(20)17-5-10-9(14-7-15-10)4-11(17)12(18)19/h7-8,11H,2-6H2,1H3,(H,14,15)(H,18,19). The van der Waals surface area contributed by atoms with Crippen LogP contribution >= 0.6 is 11.8 Å². The van der Waals surface area contributed by atoms with Gasteiger partial charge in [0.05, 0.1) is 24.3 Å². The van der Waals surface area contributed by atoms with Crippen molar-refractivity contribution < 1.29 is 14.7 Å². The normalized spacial score (nSPS) is 25.6. The van der Waals surface area contributed by atoms with E-state index in [2.05, 4.69) is 9.97 Å². The van der Waals surface area contributed by atoms with Crippen molar-refractivity contribution in [1.82, 2.24) is 19.8 Å². The number of thioether (sulfide) groups is 1. The number of carboxylic acid groups (broad SMARTS) is 1. The lowest BCUT2D eigenvalue weighted by atomic mass is 10.0. The Kier molecular flexibility index (Phi) is 3.79. The summed E-state index contributed by atoms with van der Waals surface area (Å²) >= 11 is 1.82. The van der Waals surface area contributed by atoms with Gasteiger partial charge in [0.1, 0.15) is 6.04 Å². The first kappa shape index (κ1) is 14.2. The quantitative estimate of drug-likeness (QED) is 0.800. The number of aliphatic carboxylic acids is 1. The molecule has 114 valence electrons. The number of urea groups is 1. The molecule has 3 heterocycles. The highest BCUT2D eigenvalue weighted by molar-refractivity contribution is 7.99. The van der Waals surface area contributed by atoms with Crippen molar-refractivity contribution in [3.8, 4) is 0 Å². The lowest BCUT2D eigenvalue weighted by Gasteiger charge is -2.40. The fourth-order valence-corrected chi connectivity index (χ4v) is 3.85. The Balaban J connectivity index is 1.84. The van der Waals surface area contributed by atoms with Crippen LogP contribution in [0, 0.1) is 0 Å². The van der Waals surface area contributed by atoms with Crippen molar-refractivity contribution in [3.05, 3.63) is 17.7 Å². The molecule has 1 aromatic heterocycles. The second kappa shape index (κ2) is 5.59. The van der Waals surface area contributed by atoms with Gasteiger partial charge in [0.15, 0.2) is 0 Å². The molecule has 2 aliphatic rings. The van der Waals surface area contributed by atoms with Gasteiger partial charge in [0, 0.05) is 30.5 Å². The minimum Gasteiger partial charge on any atom is -0.480 e. The van der Waals surface area contributed by atoms with Gasteiger partial charge in [0.2, 0.25) is 0 Å². The summed E-state index contributed by atoms with van der Waals surface area (Å²) in [7, 11) is 0. The van der Waals surface area contributed by atoms with E-state index in [0.29, 0.717) is 6.54 Å². The Morgan fingerprint density at radius 2 is 2.29 bits per heavy atom. The molecular formula is C13H18N4O3S. The molecule has 2 N–H and O–H groups in total. The largest absolute Gasteiger partial charge is 0.480 e. The number of imidazole rings is 1. The van der Waals surface area contributed by atoms with Gasteiger partial charge in [0.25, 0.3) is 0 Å². The number of nitrogens with one attached hydrogen (secondary N) is 1. The van der Waals surface area contributed by atoms with Gasteiger partial charge in [-0.2, -0.15) is 11.8 Å². The van der Waals surface area contributed by atoms with E-state index in [1.807, 2.05) is 18.7 Å². The number of amides is 2. The highest BCUT2D eigenvalue weighted by atomic mass is 32.2. The van der Waals surface area contributed by atoms with Crippen molar-refractivity contribution in [3.63, 3.8) is 0 Å². The zero-order valence-electron chi connectivity index (χ0n) is 11.8. The third-order valence-corrected chi connectivity index (χ3v) is 5.23. The van der Waals surface area contributed by atoms with E-state index < -0.39 is 12.0 Å². The molecular weight excluding hydrogens is 292 g/mol. The van der Waals surface area contributed by atoms with Crippen molar-refractivity contribution >= 4 is 23.8 Å². The summed E-state index contributed by atoms with van der Waals surface area (Å²) in [5.74, 6) is 0.819. The number of rotatable bonds is 1. The molecule has 0 bridgehead atoms. The monoisotopic (exact) mass is 310 g/mol. The minimum atomic E-state index is -0.976. The van der Waals surface area contributed by atoms with Crippen LogP contribution in [-0.2, 0) is 17.8 Å². The number of aromatic nitrogens is 2. The molecule has 0 aromatic carbocycles. The molecule has 2 aliphatic heterocycles. The second-order valence-electron chi connectivity index (χ2n) is 5.41. The second-order valence-corrected chi connectivity index (χ2v) is 6.56. The van der Waals surface area contributed by atoms with Crippen LogP contribution < -0.4 is 0 Å². The van der Waals surface area contributed by atoms with E-state index in [0.717, 1.165) is 22.9 Å². The van der Waals surface area contributed by atoms with Gasteiger partial charge >= 0.3 is 12.0 Å². The SMILES string of the molecule is CC1CSCCN1C(=O)N1Cc2[nH]cnc2CC1C(=O)O. The highest BCUT2D eigenvalue weighted by Gasteiger charge is 2.39. The topological polar surface area (TPSA) is 89.5 Å². The fraction of sp³-hybridized carbons (Fsp3) is 0.615. The number of carbonyl (C=O) groups is 2. The number of hydrogen-bond donors (Lipinski definition) is 2. The molecule has 3 rings (SSSR count). The maximum Gasteiger partial charge on any atom is 0.326 e. The summed E-state index contributed by atoms with van der Waals surface area (Å²) in [6, 6.07) is -0.889. The first-order valence-corrected chi connectivity index (χ1v) is 8.12. The summed E-state index contributed by atoms with van der Waals surface area (Å²) in [6.07, 6.45) is 1.81. The predicted octanol–water partition coefficient (Wildman–Crippen LogP) is 0.778. The third-order valence-electron chi connectivity index (χ3n) is 4.04. The van der Waals surface area contributed by atoms with Crippen LogP contribution in [0.3, 0.4) is 0 Å². The summed E-state index contributed by atoms with van der Waals surface area (Å²) in [5.41, 5.74) is 1.58. The molecule has 8 heteroatoms. The fourth-order valence-electron chi connectivity index (χ4n) is 2.83. The Morgan fingerprint density at radius 3 is 3.00 bits per heavy atom. The molecule has 2 atom stereocenters. The number of fused-ring (bicyclic) bond motifs is 1. The number of hydrogen-bond acceptors (Lipinski definition) is 4. The predicted molar refractivity (Wildman–Crippen MR) is 78.1 cm³/mol. The van der Waals surface area contributed by atoms with Gasteiger partial charge in [-0.15, -0.1) is 0 Å². The maximum absolute atomic E-state index is 12.8. The summed E-state index contributed by atoms with van der Waals surface area (Å²) in [4.78, 5) is 34.6. The van der Waals surface area contributed by atoms with Gasteiger partial charge in [-0.1, -0.05) is 0 Å². The maximum atomic E-state index is 12.8. The molecule has 2 amide bonds. The van der Waals surface area contributed by atoms with Crippen LogP contribution in [0.1, 0.15) is 18.3 Å². The first-order chi connectivity index (χ1) is 10.1. The van der Waals surface area contributed by atoms with Crippen LogP contribution in [0.2, 0.25) is 0 Å². The number of H-pyrrole nitrogens is 1. The smallest absolute Gasteiger partial charge is 0.326 e. The molecule has 7 nitrogen and oxygen atoms in total. The molecule has 0 aliphatic carbocycles. The van der Waals surface area contributed by atoms with Crippen LogP contribution in [0.15, 0.2) is 6.33 Å². The molecule has 1 saturated heterocycles. The zero-order chi connectivity index (χ0) is 15.0. The Morgan fingerprint density at radius 1 is 1.48 bits per heavy atom. The van der Waals surface area contributed by atoms with Crippen molar-refractivity contribution in [2.75, 3.05) is 18.1 Å². The number of nitrogens with zero attached hydrogens (tertiary/aromatic N) is 3. The molecule has 2 unspecified atom stereocenters. The van der Waals surface area contributed by atoms with Crippen LogP contribution in [-0.4, -0.2) is 67.0 Å². The minimum absolute atomic E-state index is 0.133. The van der Waals surface area contributed by atoms with E-state index >= 15 is 0 Å². The van der Waals surface area contributed by atoms with Crippen molar-refractivity contribution in [2.45, 2.75) is 32.0 Å². The number of aromatic amines is 1. The summed E-state index contributed by atoms with van der Waals surface area (Å²) in [6.45, 7) is 2.95. The lowest BCUT2D eigenvalue weighted by Crippen LogP contribution is -2.57. The Bertz CT molecular complexity index is 561. The Hall–Kier alpha value is -1.70. The Labute approximate surface area is 126 Å². The zero-order valence-corrected chi connectivity index (χ0v) is 12.6. The van der Waals surface area contributed by atoms with Crippen LogP contribution in [0.5, 0.6) is 0 Å². The highest BCUT2D eigenvalue weighted by Crippen LogP contribution is 2.25. The van der Waals surface area contributed by atoms with E-state index in [1.54, 1.807) is 11.2 Å². The summed E-state index contributed by atoms with van der Waals surface area (Å²) in [5, 5.41) is 9.43. The van der Waals surface area contributed by atoms with Crippen molar-refractivity contribution in [1.29, 1.82) is 0 Å². The van der Waals surface area contributed by atoms with E-state index in [-0.39, 0.29) is 25.0 Å². The molecule has 0 spiro atoms. The molecule has 0 saturated carbocycles. The van der Waals surface area contributed by atoms with E-state index in [4.69, 9.17) is 0 Å². The van der Waals surface area contributed by atoms with Gasteiger partial charge < -0.3 is 19.9 Å². The molecule has 0 radical (unpaired) electrons. The molecule has 21 heavy (non-hydrogen) atoms. The number of carbonyl (C=O) groups excluding carboxylic acids is 1.